The molecule has 0 saturated carbocycles. The predicted molar refractivity (Wildman–Crippen MR) is 110 cm³/mol. The lowest BCUT2D eigenvalue weighted by Crippen LogP contribution is -2.54. The van der Waals surface area contributed by atoms with Gasteiger partial charge >= 0.3 is 6.18 Å². The normalized spacial score (nSPS) is 23.0. The third kappa shape index (κ3) is 4.93. The van der Waals surface area contributed by atoms with Gasteiger partial charge in [0.25, 0.3) is 11.8 Å². The Morgan fingerprint density at radius 2 is 1.73 bits per heavy atom. The molecule has 0 aliphatic carbocycles. The number of carbonyl (C=O) groups excluding carboxylic acids is 4. The summed E-state index contributed by atoms with van der Waals surface area (Å²) in [5, 5.41) is 7.83. The molecule has 11 heteroatoms. The number of carbonyl (C=O) groups is 4. The highest BCUT2D eigenvalue weighted by Crippen LogP contribution is 2.30. The van der Waals surface area contributed by atoms with Crippen LogP contribution in [0.3, 0.4) is 0 Å². The van der Waals surface area contributed by atoms with E-state index in [1.54, 1.807) is 0 Å². The number of hydrogen-bond donors (Lipinski definition) is 3. The number of piperidine rings is 2. The maximum atomic E-state index is 13.6. The molecule has 2 fully saturated rings. The molecule has 0 aromatic heterocycles. The van der Waals surface area contributed by atoms with Crippen LogP contribution in [-0.2, 0) is 16.1 Å². The van der Waals surface area contributed by atoms with Gasteiger partial charge in [0.05, 0.1) is 11.1 Å². The largest absolute Gasteiger partial charge is 0.403 e. The first-order chi connectivity index (χ1) is 15.6. The Hall–Kier alpha value is -2.79. The number of imide groups is 2. The van der Waals surface area contributed by atoms with E-state index in [1.165, 1.54) is 18.2 Å². The Morgan fingerprint density at radius 3 is 2.39 bits per heavy atom. The minimum Gasteiger partial charge on any atom is -0.317 e. The number of rotatable bonds is 6. The smallest absolute Gasteiger partial charge is 0.317 e. The first-order valence-electron chi connectivity index (χ1n) is 11.0. The number of nitrogens with zero attached hydrogens (tertiary/aromatic N) is 1. The molecule has 0 bridgehead atoms. The van der Waals surface area contributed by atoms with Crippen LogP contribution in [0, 0.1) is 5.92 Å². The fourth-order valence-corrected chi connectivity index (χ4v) is 4.65. The molecule has 8 nitrogen and oxygen atoms in total. The number of halogens is 3. The number of nitrogens with one attached hydrogen (secondary N) is 3. The Balaban J connectivity index is 1.46. The van der Waals surface area contributed by atoms with Crippen LogP contribution >= 0.6 is 0 Å². The van der Waals surface area contributed by atoms with Gasteiger partial charge in [-0.1, -0.05) is 6.07 Å². The van der Waals surface area contributed by atoms with Crippen molar-refractivity contribution < 1.29 is 32.3 Å². The molecule has 2 saturated heterocycles. The second-order valence-corrected chi connectivity index (χ2v) is 8.73. The third-order valence-corrected chi connectivity index (χ3v) is 6.48. The quantitative estimate of drug-likeness (QED) is 0.549. The molecule has 0 radical (unpaired) electrons. The van der Waals surface area contributed by atoms with Gasteiger partial charge in [-0.05, 0) is 62.4 Å². The van der Waals surface area contributed by atoms with Crippen molar-refractivity contribution in [2.45, 2.75) is 56.9 Å². The molecule has 33 heavy (non-hydrogen) atoms. The molecular formula is C22H25F3N4O4. The molecule has 3 aliphatic rings. The Kier molecular flexibility index (Phi) is 6.53. The molecule has 178 valence electrons. The van der Waals surface area contributed by atoms with Crippen LogP contribution in [0.25, 0.3) is 0 Å². The second-order valence-electron chi connectivity index (χ2n) is 8.73. The predicted octanol–water partition coefficient (Wildman–Crippen LogP) is 1.50. The number of fused-ring (bicyclic) bond motifs is 1. The zero-order valence-electron chi connectivity index (χ0n) is 17.8. The highest BCUT2D eigenvalue weighted by molar-refractivity contribution is 6.23. The fraction of sp³-hybridized carbons (Fsp3) is 0.545. The molecule has 4 rings (SSSR count). The van der Waals surface area contributed by atoms with Crippen LogP contribution in [0.2, 0.25) is 0 Å². The van der Waals surface area contributed by atoms with E-state index < -0.39 is 41.9 Å². The van der Waals surface area contributed by atoms with Gasteiger partial charge in [-0.2, -0.15) is 13.2 Å². The molecule has 0 spiro atoms. The molecule has 3 aliphatic heterocycles. The number of benzene rings is 1. The van der Waals surface area contributed by atoms with Crippen molar-refractivity contribution in [2.75, 3.05) is 13.1 Å². The summed E-state index contributed by atoms with van der Waals surface area (Å²) in [6, 6.07) is 1.53. The minimum atomic E-state index is -4.41. The summed E-state index contributed by atoms with van der Waals surface area (Å²) in [7, 11) is 0. The van der Waals surface area contributed by atoms with Crippen molar-refractivity contribution in [1.29, 1.82) is 0 Å². The lowest BCUT2D eigenvalue weighted by molar-refractivity contribution is -0.160. The van der Waals surface area contributed by atoms with Crippen LogP contribution < -0.4 is 16.0 Å². The van der Waals surface area contributed by atoms with Gasteiger partial charge in [-0.15, -0.1) is 0 Å². The standard InChI is InChI=1S/C22H25F3N4O4/c23-22(24,25)17(10-12-5-7-26-8-6-12)27-11-13-1-2-14-15(9-13)21(33)29(20(14)32)16-3-4-18(30)28-19(16)31/h1-2,9,12,16-17,26-27H,3-8,10-11H2,(H,28,30,31). The van der Waals surface area contributed by atoms with Gasteiger partial charge in [0, 0.05) is 13.0 Å². The summed E-state index contributed by atoms with van der Waals surface area (Å²) in [5.41, 5.74) is 0.570. The molecule has 3 N–H and O–H groups in total. The van der Waals surface area contributed by atoms with E-state index in [0.29, 0.717) is 31.5 Å². The van der Waals surface area contributed by atoms with Gasteiger partial charge in [0.15, 0.2) is 0 Å². The molecular weight excluding hydrogens is 441 g/mol. The molecule has 4 amide bonds. The zero-order valence-corrected chi connectivity index (χ0v) is 17.8. The van der Waals surface area contributed by atoms with Crippen molar-refractivity contribution in [1.82, 2.24) is 20.9 Å². The lowest BCUT2D eigenvalue weighted by Gasteiger charge is -2.29. The van der Waals surface area contributed by atoms with E-state index >= 15 is 0 Å². The summed E-state index contributed by atoms with van der Waals surface area (Å²) < 4.78 is 40.8. The number of amides is 4. The Morgan fingerprint density at radius 1 is 1.03 bits per heavy atom. The number of hydrogen-bond acceptors (Lipinski definition) is 6. The van der Waals surface area contributed by atoms with Gasteiger partial charge in [-0.25, -0.2) is 0 Å². The van der Waals surface area contributed by atoms with E-state index in [9.17, 15) is 32.3 Å². The van der Waals surface area contributed by atoms with E-state index in [1.807, 2.05) is 0 Å². The van der Waals surface area contributed by atoms with Crippen molar-refractivity contribution in [3.63, 3.8) is 0 Å². The molecule has 2 atom stereocenters. The van der Waals surface area contributed by atoms with E-state index in [-0.39, 0.29) is 42.9 Å². The first-order valence-corrected chi connectivity index (χ1v) is 11.0. The summed E-state index contributed by atoms with van der Waals surface area (Å²) >= 11 is 0. The van der Waals surface area contributed by atoms with Gasteiger partial charge in [0.1, 0.15) is 12.1 Å². The zero-order chi connectivity index (χ0) is 23.8. The monoisotopic (exact) mass is 466 g/mol. The fourth-order valence-electron chi connectivity index (χ4n) is 4.65. The van der Waals surface area contributed by atoms with E-state index in [4.69, 9.17) is 0 Å². The molecule has 1 aromatic rings. The van der Waals surface area contributed by atoms with Crippen LogP contribution in [0.1, 0.15) is 58.4 Å². The van der Waals surface area contributed by atoms with Crippen LogP contribution in [-0.4, -0.2) is 59.9 Å². The van der Waals surface area contributed by atoms with E-state index in [2.05, 4.69) is 16.0 Å². The number of alkyl halides is 3. The minimum absolute atomic E-state index is 0.00880. The van der Waals surface area contributed by atoms with Crippen LogP contribution in [0.4, 0.5) is 13.2 Å². The second kappa shape index (κ2) is 9.22. The highest BCUT2D eigenvalue weighted by atomic mass is 19.4. The van der Waals surface area contributed by atoms with Crippen molar-refractivity contribution in [2.24, 2.45) is 5.92 Å². The summed E-state index contributed by atoms with van der Waals surface area (Å²) in [4.78, 5) is 50.0. The SMILES string of the molecule is O=C1CCC(N2C(=O)c3ccc(CNC(CC4CCNCC4)C(F)(F)F)cc3C2=O)C(=O)N1. The van der Waals surface area contributed by atoms with E-state index in [0.717, 1.165) is 4.90 Å². The summed E-state index contributed by atoms with van der Waals surface area (Å²) in [6.07, 6.45) is -2.99. The molecule has 1 aromatic carbocycles. The summed E-state index contributed by atoms with van der Waals surface area (Å²) in [5.74, 6) is -2.54. The van der Waals surface area contributed by atoms with Crippen molar-refractivity contribution in [3.05, 3.63) is 34.9 Å². The highest BCUT2D eigenvalue weighted by Gasteiger charge is 2.45. The van der Waals surface area contributed by atoms with Crippen LogP contribution in [0.15, 0.2) is 18.2 Å². The average Bonchev–Trinajstić information content (AvgIpc) is 3.01. The van der Waals surface area contributed by atoms with Crippen LogP contribution in [0.5, 0.6) is 0 Å². The first kappa shape index (κ1) is 23.4. The maximum absolute atomic E-state index is 13.6. The average molecular weight is 466 g/mol. The van der Waals surface area contributed by atoms with Crippen molar-refractivity contribution >= 4 is 23.6 Å². The summed E-state index contributed by atoms with van der Waals surface area (Å²) in [6.45, 7) is 1.29. The molecule has 2 unspecified atom stereocenters. The maximum Gasteiger partial charge on any atom is 0.403 e. The third-order valence-electron chi connectivity index (χ3n) is 6.48. The molecule has 3 heterocycles. The van der Waals surface area contributed by atoms with Gasteiger partial charge < -0.3 is 10.6 Å². The van der Waals surface area contributed by atoms with Gasteiger partial charge in [-0.3, -0.25) is 29.4 Å². The van der Waals surface area contributed by atoms with Crippen molar-refractivity contribution in [3.8, 4) is 0 Å². The van der Waals surface area contributed by atoms with Gasteiger partial charge in [0.2, 0.25) is 11.8 Å². The topological polar surface area (TPSA) is 108 Å². The Bertz CT molecular complexity index is 975. The Labute approximate surface area is 188 Å². The lowest BCUT2D eigenvalue weighted by atomic mass is 9.90.